The molecule has 0 aliphatic rings. The fraction of sp³-hybridized carbons (Fsp3) is 0.167. The molecule has 8 nitrogen and oxygen atoms in total. The highest BCUT2D eigenvalue weighted by Gasteiger charge is 2.26. The number of benzene rings is 1. The van der Waals surface area contributed by atoms with E-state index in [2.05, 4.69) is 17.4 Å². The van der Waals surface area contributed by atoms with Crippen molar-refractivity contribution in [3.05, 3.63) is 34.4 Å². The van der Waals surface area contributed by atoms with Crippen LogP contribution in [-0.2, 0) is 4.74 Å². The van der Waals surface area contributed by atoms with E-state index in [4.69, 9.17) is 15.3 Å². The van der Waals surface area contributed by atoms with Gasteiger partial charge in [0, 0.05) is 5.75 Å². The van der Waals surface area contributed by atoms with Crippen molar-refractivity contribution in [1.82, 2.24) is 0 Å². The van der Waals surface area contributed by atoms with Crippen molar-refractivity contribution in [2.45, 2.75) is 0 Å². The third-order valence-corrected chi connectivity index (χ3v) is 2.58. The summed E-state index contributed by atoms with van der Waals surface area (Å²) < 4.78 is 4.68. The summed E-state index contributed by atoms with van der Waals surface area (Å²) in [7, 11) is 0. The summed E-state index contributed by atoms with van der Waals surface area (Å²) in [5, 5.41) is 26.9. The molecule has 0 atom stereocenters. The number of aromatic carboxylic acids is 3. The second-order valence-electron chi connectivity index (χ2n) is 3.72. The molecule has 3 N–H and O–H groups in total. The van der Waals surface area contributed by atoms with Gasteiger partial charge in [0.1, 0.15) is 6.61 Å². The van der Waals surface area contributed by atoms with Crippen LogP contribution in [0, 0.1) is 0 Å². The number of ether oxygens (including phenoxy) is 1. The Hall–Kier alpha value is -2.55. The Kier molecular flexibility index (Phi) is 5.30. The van der Waals surface area contributed by atoms with Gasteiger partial charge in [-0.05, 0) is 12.1 Å². The first-order valence-electron chi connectivity index (χ1n) is 5.45. The predicted octanol–water partition coefficient (Wildman–Crippen LogP) is 0.868. The van der Waals surface area contributed by atoms with E-state index in [9.17, 15) is 19.2 Å². The van der Waals surface area contributed by atoms with Crippen LogP contribution in [0.4, 0.5) is 0 Å². The third-order valence-electron chi connectivity index (χ3n) is 2.39. The summed E-state index contributed by atoms with van der Waals surface area (Å²) >= 11 is 3.80. The second kappa shape index (κ2) is 6.75. The van der Waals surface area contributed by atoms with E-state index in [0.29, 0.717) is 12.1 Å². The minimum Gasteiger partial charge on any atom is -0.478 e. The van der Waals surface area contributed by atoms with Crippen LogP contribution in [0.25, 0.3) is 0 Å². The van der Waals surface area contributed by atoms with Crippen LogP contribution in [0.5, 0.6) is 0 Å². The highest BCUT2D eigenvalue weighted by Crippen LogP contribution is 2.19. The molecule has 0 fully saturated rings. The molecule has 21 heavy (non-hydrogen) atoms. The highest BCUT2D eigenvalue weighted by molar-refractivity contribution is 7.80. The molecule has 0 spiro atoms. The van der Waals surface area contributed by atoms with Crippen LogP contribution >= 0.6 is 12.6 Å². The first kappa shape index (κ1) is 16.5. The Morgan fingerprint density at radius 1 is 0.857 bits per heavy atom. The van der Waals surface area contributed by atoms with Gasteiger partial charge in [-0.25, -0.2) is 19.2 Å². The Labute approximate surface area is 123 Å². The number of carbonyl (C=O) groups excluding carboxylic acids is 1. The number of carboxylic acid groups (broad SMARTS) is 3. The largest absolute Gasteiger partial charge is 0.478 e. The van der Waals surface area contributed by atoms with E-state index >= 15 is 0 Å². The van der Waals surface area contributed by atoms with E-state index < -0.39 is 46.1 Å². The molecule has 112 valence electrons. The second-order valence-corrected chi connectivity index (χ2v) is 4.17. The van der Waals surface area contributed by atoms with E-state index in [1.54, 1.807) is 0 Å². The van der Waals surface area contributed by atoms with Crippen LogP contribution < -0.4 is 0 Å². The maximum Gasteiger partial charge on any atom is 0.339 e. The Bertz CT molecular complexity index is 622. The van der Waals surface area contributed by atoms with Gasteiger partial charge in [-0.3, -0.25) is 0 Å². The molecule has 0 bridgehead atoms. The van der Waals surface area contributed by atoms with Gasteiger partial charge in [-0.15, -0.1) is 0 Å². The molecule has 9 heteroatoms. The van der Waals surface area contributed by atoms with Gasteiger partial charge >= 0.3 is 23.9 Å². The van der Waals surface area contributed by atoms with Crippen LogP contribution in [0.1, 0.15) is 41.4 Å². The number of thiol groups is 1. The average Bonchev–Trinajstić information content (AvgIpc) is 2.42. The van der Waals surface area contributed by atoms with Gasteiger partial charge in [-0.2, -0.15) is 12.6 Å². The van der Waals surface area contributed by atoms with Gasteiger partial charge in [0.05, 0.1) is 22.3 Å². The molecule has 0 unspecified atom stereocenters. The molecule has 1 rings (SSSR count). The van der Waals surface area contributed by atoms with E-state index in [0.717, 1.165) is 0 Å². The number of carbonyl (C=O) groups is 4. The molecular formula is C12H10O8S. The maximum absolute atomic E-state index is 11.7. The minimum atomic E-state index is -1.62. The van der Waals surface area contributed by atoms with Gasteiger partial charge < -0.3 is 20.1 Å². The summed E-state index contributed by atoms with van der Waals surface area (Å²) in [6.45, 7) is -0.107. The molecule has 0 saturated carbocycles. The van der Waals surface area contributed by atoms with Gasteiger partial charge in [0.2, 0.25) is 0 Å². The van der Waals surface area contributed by atoms with Crippen molar-refractivity contribution < 1.29 is 39.2 Å². The predicted molar refractivity (Wildman–Crippen MR) is 71.5 cm³/mol. The Morgan fingerprint density at radius 3 is 1.62 bits per heavy atom. The Balaban J connectivity index is 3.51. The third kappa shape index (κ3) is 3.72. The highest BCUT2D eigenvalue weighted by atomic mass is 32.1. The lowest BCUT2D eigenvalue weighted by Gasteiger charge is -2.09. The van der Waals surface area contributed by atoms with E-state index in [-0.39, 0.29) is 12.4 Å². The summed E-state index contributed by atoms with van der Waals surface area (Å²) in [6, 6.07) is 1.29. The van der Waals surface area contributed by atoms with E-state index in [1.807, 2.05) is 0 Å². The van der Waals surface area contributed by atoms with Crippen LogP contribution in [-0.4, -0.2) is 51.6 Å². The minimum absolute atomic E-state index is 0.107. The molecular weight excluding hydrogens is 304 g/mol. The zero-order valence-electron chi connectivity index (χ0n) is 10.4. The summed E-state index contributed by atoms with van der Waals surface area (Å²) in [4.78, 5) is 44.8. The molecule has 1 aromatic carbocycles. The van der Waals surface area contributed by atoms with Crippen LogP contribution in [0.3, 0.4) is 0 Å². The number of carboxylic acids is 3. The fourth-order valence-electron chi connectivity index (χ4n) is 1.52. The van der Waals surface area contributed by atoms with Crippen molar-refractivity contribution >= 4 is 36.5 Å². The summed E-state index contributed by atoms with van der Waals surface area (Å²) in [5.74, 6) is -5.68. The average molecular weight is 314 g/mol. The lowest BCUT2D eigenvalue weighted by molar-refractivity contribution is 0.0517. The number of hydrogen-bond donors (Lipinski definition) is 4. The van der Waals surface area contributed by atoms with Gasteiger partial charge in [0.15, 0.2) is 0 Å². The number of hydrogen-bond acceptors (Lipinski definition) is 6. The molecule has 0 radical (unpaired) electrons. The van der Waals surface area contributed by atoms with Crippen molar-refractivity contribution in [2.75, 3.05) is 12.4 Å². The topological polar surface area (TPSA) is 138 Å². The zero-order chi connectivity index (χ0) is 16.2. The molecule has 0 aromatic heterocycles. The van der Waals surface area contributed by atoms with Gasteiger partial charge in [-0.1, -0.05) is 0 Å². The Morgan fingerprint density at radius 2 is 1.24 bits per heavy atom. The molecule has 0 heterocycles. The monoisotopic (exact) mass is 314 g/mol. The first-order chi connectivity index (χ1) is 9.79. The first-order valence-corrected chi connectivity index (χ1v) is 6.08. The quantitative estimate of drug-likeness (QED) is 0.448. The SMILES string of the molecule is O=C(O)c1cc(C(=O)O)c(C(=O)OCCS)cc1C(=O)O. The van der Waals surface area contributed by atoms with Crippen LogP contribution in [0.15, 0.2) is 12.1 Å². The maximum atomic E-state index is 11.7. The lowest BCUT2D eigenvalue weighted by atomic mass is 9.98. The van der Waals surface area contributed by atoms with Crippen molar-refractivity contribution in [3.63, 3.8) is 0 Å². The van der Waals surface area contributed by atoms with Crippen molar-refractivity contribution in [2.24, 2.45) is 0 Å². The fourth-order valence-corrected chi connectivity index (χ4v) is 1.61. The molecule has 0 amide bonds. The van der Waals surface area contributed by atoms with Crippen LogP contribution in [0.2, 0.25) is 0 Å². The summed E-state index contributed by atoms with van der Waals surface area (Å²) in [5.41, 5.74) is -2.62. The van der Waals surface area contributed by atoms with E-state index in [1.165, 1.54) is 0 Å². The van der Waals surface area contributed by atoms with Crippen molar-refractivity contribution in [3.8, 4) is 0 Å². The van der Waals surface area contributed by atoms with Crippen molar-refractivity contribution in [1.29, 1.82) is 0 Å². The molecule has 0 aliphatic carbocycles. The van der Waals surface area contributed by atoms with Gasteiger partial charge in [0.25, 0.3) is 0 Å². The normalized spacial score (nSPS) is 9.95. The lowest BCUT2D eigenvalue weighted by Crippen LogP contribution is -2.17. The number of rotatable bonds is 6. The molecule has 0 aliphatic heterocycles. The number of esters is 1. The molecule has 0 saturated heterocycles. The summed E-state index contributed by atoms with van der Waals surface area (Å²) in [6.07, 6.45) is 0. The standard InChI is InChI=1S/C12H10O8S/c13-9(14)5-3-7(11(17)18)8(4-6(5)10(15)16)12(19)20-1-2-21/h3-4,21H,1-2H2,(H,13,14)(H,15,16)(H,17,18). The smallest absolute Gasteiger partial charge is 0.339 e. The zero-order valence-corrected chi connectivity index (χ0v) is 11.3. The molecule has 1 aromatic rings.